The predicted octanol–water partition coefficient (Wildman–Crippen LogP) is 4.98. The van der Waals surface area contributed by atoms with Crippen LogP contribution in [0.1, 0.15) is 17.5 Å². The number of nitrogens with one attached hydrogen (secondary N) is 2. The van der Waals surface area contributed by atoms with Crippen LogP contribution >= 0.6 is 11.6 Å². The molecule has 0 radical (unpaired) electrons. The quantitative estimate of drug-likeness (QED) is 0.445. The van der Waals surface area contributed by atoms with Crippen molar-refractivity contribution in [2.24, 2.45) is 0 Å². The second-order valence-corrected chi connectivity index (χ2v) is 12.4. The SMILES string of the molecule is CS(=O)(=O)c1ccc(S(=N)(=O)NCCCN2c3ccccc3CCc3ccc(Cl)cc32)cc1. The van der Waals surface area contributed by atoms with Crippen molar-refractivity contribution < 1.29 is 12.6 Å². The third-order valence-corrected chi connectivity index (χ3v) is 8.64. The second-order valence-electron chi connectivity index (χ2n) is 8.10. The van der Waals surface area contributed by atoms with Crippen molar-refractivity contribution in [3.63, 3.8) is 0 Å². The van der Waals surface area contributed by atoms with Crippen molar-refractivity contribution in [1.82, 2.24) is 4.72 Å². The molecule has 3 aromatic rings. The van der Waals surface area contributed by atoms with Gasteiger partial charge in [-0.15, -0.1) is 0 Å². The van der Waals surface area contributed by atoms with Crippen LogP contribution < -0.4 is 9.62 Å². The molecular weight excluding hydrogens is 478 g/mol. The molecule has 3 aromatic carbocycles. The van der Waals surface area contributed by atoms with Gasteiger partial charge < -0.3 is 4.90 Å². The third kappa shape index (κ3) is 5.41. The molecule has 1 unspecified atom stereocenters. The second kappa shape index (κ2) is 9.46. The van der Waals surface area contributed by atoms with Gasteiger partial charge in [0.2, 0.25) is 0 Å². The molecule has 1 atom stereocenters. The average Bonchev–Trinajstić information content (AvgIpc) is 2.93. The van der Waals surface area contributed by atoms with Gasteiger partial charge in [-0.3, -0.25) is 0 Å². The summed E-state index contributed by atoms with van der Waals surface area (Å²) < 4.78 is 47.2. The maximum atomic E-state index is 12.9. The topological polar surface area (TPSA) is 90.3 Å². The minimum absolute atomic E-state index is 0.138. The standard InChI is InChI=1S/C24H26ClN3O3S2/c1-32(29,30)21-11-13-22(14-12-21)33(26,31)27-15-4-16-28-23-6-3-2-5-18(23)7-8-19-9-10-20(25)17-24(19)28/h2-3,5-6,9-14,17H,4,7-8,15-16H2,1H3,(H2,26,27,31). The van der Waals surface area contributed by atoms with E-state index in [2.05, 4.69) is 27.8 Å². The Bertz CT molecular complexity index is 1370. The van der Waals surface area contributed by atoms with Crippen molar-refractivity contribution >= 4 is 42.7 Å². The number of rotatable bonds is 7. The van der Waals surface area contributed by atoms with Crippen molar-refractivity contribution in [1.29, 1.82) is 4.78 Å². The van der Waals surface area contributed by atoms with Crippen LogP contribution in [0.25, 0.3) is 0 Å². The Morgan fingerprint density at radius 2 is 1.55 bits per heavy atom. The van der Waals surface area contributed by atoms with E-state index in [1.165, 1.54) is 35.4 Å². The molecule has 0 fully saturated rings. The van der Waals surface area contributed by atoms with Gasteiger partial charge in [-0.1, -0.05) is 35.9 Å². The molecule has 33 heavy (non-hydrogen) atoms. The number of nitrogens with zero attached hydrogens (tertiary/aromatic N) is 1. The maximum absolute atomic E-state index is 12.9. The Morgan fingerprint density at radius 1 is 0.909 bits per heavy atom. The highest BCUT2D eigenvalue weighted by Gasteiger charge is 2.21. The van der Waals surface area contributed by atoms with Gasteiger partial charge in [-0.05, 0) is 72.9 Å². The van der Waals surface area contributed by atoms with E-state index >= 15 is 0 Å². The average molecular weight is 504 g/mol. The Kier molecular flexibility index (Phi) is 6.81. The number of anilines is 2. The van der Waals surface area contributed by atoms with Crippen LogP contribution in [0.3, 0.4) is 0 Å². The third-order valence-electron chi connectivity index (χ3n) is 5.73. The summed E-state index contributed by atoms with van der Waals surface area (Å²) in [7, 11) is -6.59. The van der Waals surface area contributed by atoms with Crippen molar-refractivity contribution in [3.8, 4) is 0 Å². The van der Waals surface area contributed by atoms with Gasteiger partial charge in [0.05, 0.1) is 9.79 Å². The molecule has 6 nitrogen and oxygen atoms in total. The van der Waals surface area contributed by atoms with Crippen LogP contribution in [-0.2, 0) is 32.6 Å². The minimum atomic E-state index is -3.34. The molecule has 0 spiro atoms. The number of hydrogen-bond donors (Lipinski definition) is 2. The van der Waals surface area contributed by atoms with Crippen molar-refractivity contribution in [2.45, 2.75) is 29.1 Å². The Labute approximate surface area is 200 Å². The molecule has 1 aliphatic heterocycles. The smallest absolute Gasteiger partial charge is 0.175 e. The Balaban J connectivity index is 1.48. The van der Waals surface area contributed by atoms with Gasteiger partial charge >= 0.3 is 0 Å². The molecule has 0 saturated heterocycles. The first-order valence-corrected chi connectivity index (χ1v) is 14.5. The zero-order valence-electron chi connectivity index (χ0n) is 18.3. The molecule has 4 rings (SSSR count). The van der Waals surface area contributed by atoms with E-state index in [1.54, 1.807) is 0 Å². The molecule has 0 aromatic heterocycles. The van der Waals surface area contributed by atoms with Crippen molar-refractivity contribution in [2.75, 3.05) is 24.2 Å². The van der Waals surface area contributed by atoms with Crippen LogP contribution in [0.5, 0.6) is 0 Å². The molecule has 2 N–H and O–H groups in total. The predicted molar refractivity (Wildman–Crippen MR) is 134 cm³/mol. The number of fused-ring (bicyclic) bond motifs is 2. The lowest BCUT2D eigenvalue weighted by atomic mass is 10.0. The van der Waals surface area contributed by atoms with Crippen LogP contribution in [0.2, 0.25) is 5.02 Å². The summed E-state index contributed by atoms with van der Waals surface area (Å²) in [4.78, 5) is 2.64. The fraction of sp³-hybridized carbons (Fsp3) is 0.250. The monoisotopic (exact) mass is 503 g/mol. The zero-order chi connectivity index (χ0) is 23.6. The Morgan fingerprint density at radius 3 is 2.24 bits per heavy atom. The first kappa shape index (κ1) is 23.8. The number of halogens is 1. The van der Waals surface area contributed by atoms with E-state index in [-0.39, 0.29) is 9.79 Å². The summed E-state index contributed by atoms with van der Waals surface area (Å²) in [6.45, 7) is 1.03. The molecule has 174 valence electrons. The zero-order valence-corrected chi connectivity index (χ0v) is 20.6. The van der Waals surface area contributed by atoms with E-state index in [0.29, 0.717) is 24.5 Å². The van der Waals surface area contributed by atoms with Crippen LogP contribution in [0.15, 0.2) is 76.5 Å². The van der Waals surface area contributed by atoms with Gasteiger partial charge in [-0.2, -0.15) is 0 Å². The minimum Gasteiger partial charge on any atom is -0.341 e. The number of para-hydroxylation sites is 1. The summed E-state index contributed by atoms with van der Waals surface area (Å²) in [6.07, 6.45) is 3.65. The normalized spacial score (nSPS) is 15.3. The van der Waals surface area contributed by atoms with Gasteiger partial charge in [-0.25, -0.2) is 22.1 Å². The number of aryl methyl sites for hydroxylation is 2. The largest absolute Gasteiger partial charge is 0.341 e. The van der Waals surface area contributed by atoms with Gasteiger partial charge in [0.1, 0.15) is 9.92 Å². The molecule has 0 saturated carbocycles. The van der Waals surface area contributed by atoms with E-state index in [0.717, 1.165) is 30.5 Å². The van der Waals surface area contributed by atoms with E-state index in [1.807, 2.05) is 24.3 Å². The van der Waals surface area contributed by atoms with Crippen LogP contribution in [0.4, 0.5) is 11.4 Å². The van der Waals surface area contributed by atoms with Crippen molar-refractivity contribution in [3.05, 3.63) is 82.9 Å². The molecule has 0 bridgehead atoms. The lowest BCUT2D eigenvalue weighted by Gasteiger charge is -2.27. The molecular formula is C24H26ClN3O3S2. The van der Waals surface area contributed by atoms with Crippen LogP contribution in [-0.4, -0.2) is 32.0 Å². The molecule has 1 heterocycles. The highest BCUT2D eigenvalue weighted by molar-refractivity contribution is 7.91. The molecule has 1 aliphatic rings. The number of sulfone groups is 1. The van der Waals surface area contributed by atoms with Gasteiger partial charge in [0.25, 0.3) is 0 Å². The fourth-order valence-corrected chi connectivity index (χ4v) is 5.95. The van der Waals surface area contributed by atoms with Gasteiger partial charge in [0.15, 0.2) is 9.84 Å². The maximum Gasteiger partial charge on any atom is 0.175 e. The Hall–Kier alpha value is -2.39. The van der Waals surface area contributed by atoms with Gasteiger partial charge in [0, 0.05) is 35.7 Å². The summed E-state index contributed by atoms with van der Waals surface area (Å²) in [6, 6.07) is 19.9. The molecule has 0 amide bonds. The number of hydrogen-bond acceptors (Lipinski definition) is 5. The first-order chi connectivity index (χ1) is 15.6. The first-order valence-electron chi connectivity index (χ1n) is 10.6. The molecule has 0 aliphatic carbocycles. The fourth-order valence-electron chi connectivity index (χ4n) is 4.04. The van der Waals surface area contributed by atoms with E-state index < -0.39 is 19.8 Å². The highest BCUT2D eigenvalue weighted by Crippen LogP contribution is 2.37. The summed E-state index contributed by atoms with van der Waals surface area (Å²) in [5.74, 6) is 0. The van der Waals surface area contributed by atoms with E-state index in [9.17, 15) is 12.6 Å². The highest BCUT2D eigenvalue weighted by atomic mass is 35.5. The van der Waals surface area contributed by atoms with E-state index in [4.69, 9.17) is 16.4 Å². The summed E-state index contributed by atoms with van der Waals surface area (Å²) in [5.41, 5.74) is 4.73. The molecule has 9 heteroatoms. The summed E-state index contributed by atoms with van der Waals surface area (Å²) in [5, 5.41) is 0.683. The number of benzene rings is 3. The summed E-state index contributed by atoms with van der Waals surface area (Å²) >= 11 is 6.31. The lowest BCUT2D eigenvalue weighted by molar-refractivity contribution is 0.601. The van der Waals surface area contributed by atoms with Crippen LogP contribution in [0, 0.1) is 4.78 Å². The lowest BCUT2D eigenvalue weighted by Crippen LogP contribution is -2.28.